The lowest BCUT2D eigenvalue weighted by atomic mass is 9.95. The molecule has 228 valence electrons. The Morgan fingerprint density at radius 1 is 0.347 bits per heavy atom. The lowest BCUT2D eigenvalue weighted by molar-refractivity contribution is 0.955. The minimum Gasteiger partial charge on any atom is -0.278 e. The van der Waals surface area contributed by atoms with E-state index in [2.05, 4.69) is 156 Å². The molecule has 0 aliphatic heterocycles. The molecule has 4 nitrogen and oxygen atoms in total. The normalized spacial score (nSPS) is 11.7. The van der Waals surface area contributed by atoms with E-state index in [-0.39, 0.29) is 0 Å². The Morgan fingerprint density at radius 3 is 1.67 bits per heavy atom. The molecule has 0 N–H and O–H groups in total. The van der Waals surface area contributed by atoms with Crippen LogP contribution in [0.2, 0.25) is 0 Å². The highest BCUT2D eigenvalue weighted by Gasteiger charge is 2.21. The zero-order valence-corrected chi connectivity index (χ0v) is 26.5. The van der Waals surface area contributed by atoms with Crippen molar-refractivity contribution in [3.63, 3.8) is 0 Å². The van der Waals surface area contributed by atoms with E-state index >= 15 is 0 Å². The van der Waals surface area contributed by atoms with E-state index in [1.165, 1.54) is 43.4 Å². The predicted molar refractivity (Wildman–Crippen MR) is 203 cm³/mol. The molecule has 49 heavy (non-hydrogen) atoms. The SMILES string of the molecule is c1ccc(-c2nc(-c3ccc(-c4ccccc4)c4ccccc34)nc(-n3c4cc5ccccc5cc4c4c5ccccc5ccc43)n2)cc1. The summed E-state index contributed by atoms with van der Waals surface area (Å²) >= 11 is 0. The quantitative estimate of drug-likeness (QED) is 0.196. The topological polar surface area (TPSA) is 43.6 Å². The smallest absolute Gasteiger partial charge is 0.238 e. The lowest BCUT2D eigenvalue weighted by Crippen LogP contribution is -2.06. The molecule has 8 aromatic carbocycles. The van der Waals surface area contributed by atoms with Crippen LogP contribution < -0.4 is 0 Å². The molecule has 0 fully saturated rings. The first-order valence-electron chi connectivity index (χ1n) is 16.5. The van der Waals surface area contributed by atoms with Gasteiger partial charge in [-0.3, -0.25) is 4.57 Å². The summed E-state index contributed by atoms with van der Waals surface area (Å²) in [5, 5.41) is 9.40. The van der Waals surface area contributed by atoms with Crippen LogP contribution in [0.1, 0.15) is 0 Å². The molecular formula is C45H28N4. The monoisotopic (exact) mass is 624 g/mol. The Balaban J connectivity index is 1.31. The van der Waals surface area contributed by atoms with Gasteiger partial charge in [0.25, 0.3) is 0 Å². The lowest BCUT2D eigenvalue weighted by Gasteiger charge is -2.14. The van der Waals surface area contributed by atoms with Crippen molar-refractivity contribution < 1.29 is 0 Å². The Labute approximate surface area is 282 Å². The Hall–Kier alpha value is -6.65. The Kier molecular flexibility index (Phi) is 6.15. The largest absolute Gasteiger partial charge is 0.278 e. The minimum absolute atomic E-state index is 0.589. The summed E-state index contributed by atoms with van der Waals surface area (Å²) in [5.41, 5.74) is 6.38. The van der Waals surface area contributed by atoms with E-state index in [4.69, 9.17) is 15.0 Å². The van der Waals surface area contributed by atoms with Gasteiger partial charge in [0.05, 0.1) is 11.0 Å². The molecule has 0 amide bonds. The van der Waals surface area contributed by atoms with Crippen LogP contribution in [0, 0.1) is 0 Å². The third-order valence-corrected chi connectivity index (χ3v) is 9.63. The number of hydrogen-bond acceptors (Lipinski definition) is 3. The van der Waals surface area contributed by atoms with Crippen molar-refractivity contribution in [2.75, 3.05) is 0 Å². The molecule has 4 heteroatoms. The van der Waals surface area contributed by atoms with E-state index in [0.717, 1.165) is 32.9 Å². The molecule has 0 saturated heterocycles. The highest BCUT2D eigenvalue weighted by Crippen LogP contribution is 2.40. The van der Waals surface area contributed by atoms with Gasteiger partial charge in [-0.15, -0.1) is 0 Å². The molecule has 0 unspecified atom stereocenters. The second-order valence-corrected chi connectivity index (χ2v) is 12.5. The molecule has 0 atom stereocenters. The van der Waals surface area contributed by atoms with Crippen LogP contribution >= 0.6 is 0 Å². The van der Waals surface area contributed by atoms with Gasteiger partial charge in [-0.1, -0.05) is 146 Å². The first-order valence-corrected chi connectivity index (χ1v) is 16.5. The van der Waals surface area contributed by atoms with Crippen molar-refractivity contribution in [2.45, 2.75) is 0 Å². The van der Waals surface area contributed by atoms with E-state index in [1.54, 1.807) is 0 Å². The summed E-state index contributed by atoms with van der Waals surface area (Å²) in [5.74, 6) is 1.86. The molecule has 0 saturated carbocycles. The summed E-state index contributed by atoms with van der Waals surface area (Å²) in [6.07, 6.45) is 0. The summed E-state index contributed by atoms with van der Waals surface area (Å²) in [6.45, 7) is 0. The van der Waals surface area contributed by atoms with Gasteiger partial charge in [0.1, 0.15) is 0 Å². The minimum atomic E-state index is 0.589. The second kappa shape index (κ2) is 11.0. The average Bonchev–Trinajstić information content (AvgIpc) is 3.50. The number of aromatic nitrogens is 4. The number of hydrogen-bond donors (Lipinski definition) is 0. The standard InChI is InChI=1S/C45H28N4/c1-3-13-29(14-4-1)34-24-25-38(37-22-12-11-21-36(34)37)44-46-43(31-16-5-2-6-17-31)47-45(48-44)49-40-26-23-30-15-9-10-20-35(30)42(40)39-27-32-18-7-8-19-33(32)28-41(39)49/h1-28H. The third-order valence-electron chi connectivity index (χ3n) is 9.63. The van der Waals surface area contributed by atoms with Crippen LogP contribution in [0.15, 0.2) is 170 Å². The van der Waals surface area contributed by atoms with Gasteiger partial charge in [0, 0.05) is 21.9 Å². The molecule has 0 spiro atoms. The molecule has 10 aromatic rings. The number of nitrogens with zero attached hydrogens (tertiary/aromatic N) is 4. The highest BCUT2D eigenvalue weighted by molar-refractivity contribution is 6.23. The predicted octanol–water partition coefficient (Wildman–Crippen LogP) is 11.4. The van der Waals surface area contributed by atoms with Gasteiger partial charge in [0.15, 0.2) is 11.6 Å². The third kappa shape index (κ3) is 4.42. The Morgan fingerprint density at radius 2 is 0.918 bits per heavy atom. The molecular weight excluding hydrogens is 597 g/mol. The summed E-state index contributed by atoms with van der Waals surface area (Å²) in [7, 11) is 0. The van der Waals surface area contributed by atoms with Crippen molar-refractivity contribution in [2.24, 2.45) is 0 Å². The fourth-order valence-electron chi connectivity index (χ4n) is 7.35. The van der Waals surface area contributed by atoms with Crippen molar-refractivity contribution >= 4 is 54.1 Å². The van der Waals surface area contributed by atoms with Gasteiger partial charge in [-0.2, -0.15) is 9.97 Å². The van der Waals surface area contributed by atoms with Crippen molar-refractivity contribution in [1.29, 1.82) is 0 Å². The van der Waals surface area contributed by atoms with Gasteiger partial charge >= 0.3 is 0 Å². The van der Waals surface area contributed by atoms with Crippen LogP contribution in [0.25, 0.3) is 94.0 Å². The molecule has 10 rings (SSSR count). The highest BCUT2D eigenvalue weighted by atomic mass is 15.2. The average molecular weight is 625 g/mol. The van der Waals surface area contributed by atoms with Gasteiger partial charge in [-0.05, 0) is 67.7 Å². The second-order valence-electron chi connectivity index (χ2n) is 12.5. The van der Waals surface area contributed by atoms with Crippen LogP contribution in [0.4, 0.5) is 0 Å². The molecule has 0 aliphatic carbocycles. The number of fused-ring (bicyclic) bond motifs is 7. The van der Waals surface area contributed by atoms with Gasteiger partial charge in [0.2, 0.25) is 5.95 Å². The van der Waals surface area contributed by atoms with Crippen LogP contribution in [0.5, 0.6) is 0 Å². The molecule has 2 aromatic heterocycles. The van der Waals surface area contributed by atoms with Crippen LogP contribution in [-0.2, 0) is 0 Å². The van der Waals surface area contributed by atoms with Crippen LogP contribution in [0.3, 0.4) is 0 Å². The van der Waals surface area contributed by atoms with Gasteiger partial charge < -0.3 is 0 Å². The maximum Gasteiger partial charge on any atom is 0.238 e. The van der Waals surface area contributed by atoms with Crippen LogP contribution in [-0.4, -0.2) is 19.5 Å². The van der Waals surface area contributed by atoms with Crippen molar-refractivity contribution in [1.82, 2.24) is 19.5 Å². The molecule has 2 heterocycles. The zero-order valence-electron chi connectivity index (χ0n) is 26.5. The van der Waals surface area contributed by atoms with Crippen molar-refractivity contribution in [3.05, 3.63) is 170 Å². The summed E-state index contributed by atoms with van der Waals surface area (Å²) < 4.78 is 2.22. The Bertz CT molecular complexity index is 2870. The summed E-state index contributed by atoms with van der Waals surface area (Å²) in [6, 6.07) is 59.8. The number of rotatable bonds is 4. The summed E-state index contributed by atoms with van der Waals surface area (Å²) in [4.78, 5) is 15.7. The van der Waals surface area contributed by atoms with Crippen molar-refractivity contribution in [3.8, 4) is 39.9 Å². The maximum absolute atomic E-state index is 5.33. The van der Waals surface area contributed by atoms with E-state index in [9.17, 15) is 0 Å². The maximum atomic E-state index is 5.33. The number of benzene rings is 8. The van der Waals surface area contributed by atoms with E-state index in [1.807, 2.05) is 18.2 Å². The van der Waals surface area contributed by atoms with E-state index in [0.29, 0.717) is 17.6 Å². The molecule has 0 aliphatic rings. The fraction of sp³-hybridized carbons (Fsp3) is 0. The molecule has 0 bridgehead atoms. The molecule has 0 radical (unpaired) electrons. The van der Waals surface area contributed by atoms with E-state index < -0.39 is 0 Å². The van der Waals surface area contributed by atoms with Gasteiger partial charge in [-0.25, -0.2) is 4.98 Å². The zero-order chi connectivity index (χ0) is 32.3. The first kappa shape index (κ1) is 27.5. The fourth-order valence-corrected chi connectivity index (χ4v) is 7.35. The first-order chi connectivity index (χ1) is 24.3.